The van der Waals surface area contributed by atoms with Crippen LogP contribution in [-0.4, -0.2) is 34.8 Å². The summed E-state index contributed by atoms with van der Waals surface area (Å²) in [5.41, 5.74) is 7.23. The van der Waals surface area contributed by atoms with Crippen LogP contribution in [0.15, 0.2) is 11.1 Å². The fraction of sp³-hybridized carbons (Fsp3) is 0.853. The first kappa shape index (κ1) is 29.8. The number of fused-ring (bicyclic) bond motifs is 7. The summed E-state index contributed by atoms with van der Waals surface area (Å²) in [6.07, 6.45) is 8.78. The monoisotopic (exact) mass is 554 g/mol. The quantitative estimate of drug-likeness (QED) is 0.408. The summed E-state index contributed by atoms with van der Waals surface area (Å²) in [6, 6.07) is 0. The Hall–Kier alpha value is -1.69. The van der Waals surface area contributed by atoms with Crippen molar-refractivity contribution in [3.05, 3.63) is 11.1 Å². The van der Waals surface area contributed by atoms with Crippen molar-refractivity contribution < 1.29 is 19.1 Å². The molecule has 0 heterocycles. The fourth-order valence-corrected chi connectivity index (χ4v) is 11.2. The van der Waals surface area contributed by atoms with Crippen LogP contribution in [-0.2, 0) is 19.1 Å². The smallest absolute Gasteiger partial charge is 0.302 e. The Kier molecular flexibility index (Phi) is 7.01. The Morgan fingerprint density at radius 2 is 1.60 bits per heavy atom. The molecule has 8 unspecified atom stereocenters. The molecule has 3 N–H and O–H groups in total. The molecule has 5 rings (SSSR count). The molecular weight excluding hydrogens is 500 g/mol. The summed E-state index contributed by atoms with van der Waals surface area (Å²) in [6.45, 7) is 19.1. The summed E-state index contributed by atoms with van der Waals surface area (Å²) >= 11 is 0. The van der Waals surface area contributed by atoms with Crippen molar-refractivity contribution in [2.45, 2.75) is 137 Å². The van der Waals surface area contributed by atoms with E-state index in [1.165, 1.54) is 18.9 Å². The first-order valence-electron chi connectivity index (χ1n) is 15.9. The molecule has 6 nitrogen and oxygen atoms in total. The van der Waals surface area contributed by atoms with Crippen LogP contribution in [0.4, 0.5) is 0 Å². The standard InChI is InChI=1S/C34H54N2O4/c1-19(2)27-23(38)18-34(36-29(39)31(6,7)35)17-12-22-21(28(27)34)10-11-25-32(22,8)15-13-24-30(4,5)26(40-20(3)37)14-16-33(24,25)9/h19,21-22,24-26H,10-18,35H2,1-9H3,(H,36,39). The van der Waals surface area contributed by atoms with E-state index in [9.17, 15) is 14.4 Å². The summed E-state index contributed by atoms with van der Waals surface area (Å²) < 4.78 is 5.89. The number of hydrogen-bond donors (Lipinski definition) is 2. The average Bonchev–Trinajstić information content (AvgIpc) is 3.12. The highest BCUT2D eigenvalue weighted by atomic mass is 16.5. The number of Topliss-reactive ketones (excluding diaryl/α,β-unsaturated/α-hetero) is 1. The van der Waals surface area contributed by atoms with Gasteiger partial charge in [0.2, 0.25) is 5.91 Å². The normalized spacial score (nSPS) is 42.5. The van der Waals surface area contributed by atoms with Crippen LogP contribution in [0.25, 0.3) is 0 Å². The molecule has 40 heavy (non-hydrogen) atoms. The molecule has 8 atom stereocenters. The Morgan fingerprint density at radius 1 is 0.950 bits per heavy atom. The number of nitrogens with two attached hydrogens (primary N) is 1. The van der Waals surface area contributed by atoms with Crippen molar-refractivity contribution in [2.24, 2.45) is 51.6 Å². The molecule has 4 fully saturated rings. The van der Waals surface area contributed by atoms with Gasteiger partial charge in [-0.25, -0.2) is 0 Å². The molecule has 0 aliphatic heterocycles. The molecule has 0 aromatic rings. The minimum atomic E-state index is -0.991. The van der Waals surface area contributed by atoms with E-state index in [4.69, 9.17) is 10.5 Å². The Morgan fingerprint density at radius 3 is 2.20 bits per heavy atom. The van der Waals surface area contributed by atoms with E-state index in [1.54, 1.807) is 13.8 Å². The van der Waals surface area contributed by atoms with Gasteiger partial charge in [-0.15, -0.1) is 0 Å². The largest absolute Gasteiger partial charge is 0.462 e. The van der Waals surface area contributed by atoms with Crippen LogP contribution in [0, 0.1) is 45.8 Å². The van der Waals surface area contributed by atoms with Gasteiger partial charge in [0.05, 0.1) is 11.1 Å². The second-order valence-electron chi connectivity index (χ2n) is 16.3. The third-order valence-electron chi connectivity index (χ3n) is 12.8. The van der Waals surface area contributed by atoms with Crippen LogP contribution in [0.5, 0.6) is 0 Å². The molecule has 0 aromatic carbocycles. The van der Waals surface area contributed by atoms with Crippen LogP contribution < -0.4 is 11.1 Å². The average molecular weight is 555 g/mol. The Labute approximate surface area is 242 Å². The van der Waals surface area contributed by atoms with Crippen LogP contribution in [0.1, 0.15) is 120 Å². The Bertz CT molecular complexity index is 1130. The molecule has 4 saturated carbocycles. The van der Waals surface area contributed by atoms with Crippen LogP contribution in [0.2, 0.25) is 0 Å². The minimum Gasteiger partial charge on any atom is -0.462 e. The number of hydrogen-bond acceptors (Lipinski definition) is 5. The molecule has 0 radical (unpaired) electrons. The third-order valence-corrected chi connectivity index (χ3v) is 12.8. The number of esters is 1. The highest BCUT2D eigenvalue weighted by Crippen LogP contribution is 2.72. The van der Waals surface area contributed by atoms with Crippen molar-refractivity contribution in [3.63, 3.8) is 0 Å². The van der Waals surface area contributed by atoms with E-state index < -0.39 is 11.1 Å². The zero-order valence-corrected chi connectivity index (χ0v) is 26.5. The highest BCUT2D eigenvalue weighted by molar-refractivity contribution is 6.02. The molecule has 5 aliphatic rings. The van der Waals surface area contributed by atoms with Crippen LogP contribution in [0.3, 0.4) is 0 Å². The highest BCUT2D eigenvalue weighted by Gasteiger charge is 2.66. The number of rotatable bonds is 4. The maximum Gasteiger partial charge on any atom is 0.302 e. The maximum absolute atomic E-state index is 13.6. The van der Waals surface area contributed by atoms with E-state index >= 15 is 0 Å². The maximum atomic E-state index is 13.6. The van der Waals surface area contributed by atoms with Gasteiger partial charge in [0.1, 0.15) is 6.10 Å². The number of ketones is 1. The van der Waals surface area contributed by atoms with Crippen molar-refractivity contribution >= 4 is 17.7 Å². The lowest BCUT2D eigenvalue weighted by molar-refractivity contribution is -0.211. The number of allylic oxidation sites excluding steroid dienone is 1. The molecule has 0 spiro atoms. The molecule has 0 saturated heterocycles. The minimum absolute atomic E-state index is 0.0160. The van der Waals surface area contributed by atoms with E-state index in [0.29, 0.717) is 30.1 Å². The van der Waals surface area contributed by atoms with E-state index in [-0.39, 0.29) is 45.9 Å². The summed E-state index contributed by atoms with van der Waals surface area (Å²) in [7, 11) is 0. The molecule has 224 valence electrons. The molecule has 1 amide bonds. The molecule has 5 aliphatic carbocycles. The van der Waals surface area contributed by atoms with Gasteiger partial charge in [-0.05, 0) is 117 Å². The number of nitrogens with one attached hydrogen (secondary N) is 1. The zero-order chi connectivity index (χ0) is 29.6. The number of ether oxygens (including phenoxy) is 1. The van der Waals surface area contributed by atoms with Gasteiger partial charge >= 0.3 is 5.97 Å². The van der Waals surface area contributed by atoms with Gasteiger partial charge in [-0.2, -0.15) is 0 Å². The molecule has 6 heteroatoms. The van der Waals surface area contributed by atoms with Crippen LogP contribution >= 0.6 is 0 Å². The SMILES string of the molecule is CC(=O)OC1CCC2(C)C(CCC3(C)C4CCC5(NC(=O)C(C)(C)N)CC(=O)C(C(C)C)=C5C4CCC32)C1(C)C. The summed E-state index contributed by atoms with van der Waals surface area (Å²) in [5, 5.41) is 3.37. The van der Waals surface area contributed by atoms with Gasteiger partial charge < -0.3 is 15.8 Å². The number of amides is 1. The molecule has 0 aromatic heterocycles. The second kappa shape index (κ2) is 9.41. The lowest BCUT2D eigenvalue weighted by atomic mass is 9.37. The lowest BCUT2D eigenvalue weighted by Crippen LogP contribution is -2.65. The topological polar surface area (TPSA) is 98.5 Å². The van der Waals surface area contributed by atoms with Crippen molar-refractivity contribution in [2.75, 3.05) is 0 Å². The summed E-state index contributed by atoms with van der Waals surface area (Å²) in [4.78, 5) is 38.8. The van der Waals surface area contributed by atoms with Gasteiger partial charge in [-0.3, -0.25) is 14.4 Å². The fourth-order valence-electron chi connectivity index (χ4n) is 11.2. The van der Waals surface area contributed by atoms with Crippen molar-refractivity contribution in [1.29, 1.82) is 0 Å². The van der Waals surface area contributed by atoms with Gasteiger partial charge in [0.15, 0.2) is 5.78 Å². The number of carbonyl (C=O) groups is 3. The number of carbonyl (C=O) groups excluding carboxylic acids is 3. The van der Waals surface area contributed by atoms with Crippen molar-refractivity contribution in [1.82, 2.24) is 5.32 Å². The molecular formula is C34H54N2O4. The van der Waals surface area contributed by atoms with E-state index in [1.807, 2.05) is 0 Å². The van der Waals surface area contributed by atoms with Gasteiger partial charge in [0, 0.05) is 18.8 Å². The summed E-state index contributed by atoms with van der Waals surface area (Å²) in [5.74, 6) is 1.97. The first-order chi connectivity index (χ1) is 18.4. The van der Waals surface area contributed by atoms with Gasteiger partial charge in [0.25, 0.3) is 0 Å². The van der Waals surface area contributed by atoms with Gasteiger partial charge in [-0.1, -0.05) is 41.5 Å². The predicted molar refractivity (Wildman–Crippen MR) is 157 cm³/mol. The first-order valence-corrected chi connectivity index (χ1v) is 15.9. The Balaban J connectivity index is 1.51. The predicted octanol–water partition coefficient (Wildman–Crippen LogP) is 6.11. The van der Waals surface area contributed by atoms with E-state index in [0.717, 1.165) is 50.5 Å². The lowest BCUT2D eigenvalue weighted by Gasteiger charge is -2.68. The molecule has 0 bridgehead atoms. The van der Waals surface area contributed by atoms with Crippen molar-refractivity contribution in [3.8, 4) is 0 Å². The second-order valence-corrected chi connectivity index (χ2v) is 16.3. The van der Waals surface area contributed by atoms with E-state index in [2.05, 4.69) is 46.9 Å². The third kappa shape index (κ3) is 4.24. The zero-order valence-electron chi connectivity index (χ0n) is 26.5.